The summed E-state index contributed by atoms with van der Waals surface area (Å²) in [5.74, 6) is -0.794. The number of carbonyl (C=O) groups excluding carboxylic acids is 1. The van der Waals surface area contributed by atoms with Gasteiger partial charge < -0.3 is 15.7 Å². The van der Waals surface area contributed by atoms with E-state index < -0.39 is 23.5 Å². The summed E-state index contributed by atoms with van der Waals surface area (Å²) in [5, 5.41) is 14.8. The number of hydrogen-bond donors (Lipinski definition) is 3. The highest BCUT2D eigenvalue weighted by atomic mass is 32.2. The molecule has 23 heavy (non-hydrogen) atoms. The van der Waals surface area contributed by atoms with Gasteiger partial charge in [-0.25, -0.2) is 4.79 Å². The molecule has 1 unspecified atom stereocenters. The van der Waals surface area contributed by atoms with Gasteiger partial charge in [-0.3, -0.25) is 0 Å². The zero-order chi connectivity index (χ0) is 17.1. The molecule has 0 saturated heterocycles. The van der Waals surface area contributed by atoms with Gasteiger partial charge in [0, 0.05) is 4.90 Å². The second-order valence-corrected chi connectivity index (χ2v) is 6.85. The fourth-order valence-corrected chi connectivity index (χ4v) is 3.03. The van der Waals surface area contributed by atoms with Gasteiger partial charge >= 0.3 is 12.2 Å². The molecule has 1 aliphatic carbocycles. The molecule has 1 aromatic carbocycles. The van der Waals surface area contributed by atoms with Crippen molar-refractivity contribution in [1.29, 1.82) is 0 Å². The maximum atomic E-state index is 12.4. The van der Waals surface area contributed by atoms with Crippen LogP contribution < -0.4 is 10.6 Å². The predicted octanol–water partition coefficient (Wildman–Crippen LogP) is 3.62. The quantitative estimate of drug-likeness (QED) is 0.688. The van der Waals surface area contributed by atoms with Gasteiger partial charge in [0.2, 0.25) is 0 Å². The molecule has 1 saturated carbocycles. The Morgan fingerprint density at radius 1 is 1.35 bits per heavy atom. The molecule has 1 atom stereocenters. The van der Waals surface area contributed by atoms with Gasteiger partial charge in [-0.1, -0.05) is 12.1 Å². The van der Waals surface area contributed by atoms with E-state index >= 15 is 0 Å². The Bertz CT molecular complexity index is 564. The lowest BCUT2D eigenvalue weighted by Crippen LogP contribution is -2.52. The first-order valence-corrected chi connectivity index (χ1v) is 8.21. The average molecular weight is 348 g/mol. The summed E-state index contributed by atoms with van der Waals surface area (Å²) in [6.07, 6.45) is -2.40. The van der Waals surface area contributed by atoms with Gasteiger partial charge in [-0.05, 0) is 37.8 Å². The van der Waals surface area contributed by atoms with Gasteiger partial charge in [-0.15, -0.1) is 11.8 Å². The first-order chi connectivity index (χ1) is 10.7. The molecule has 0 radical (unpaired) electrons. The molecule has 1 aliphatic rings. The third-order valence-electron chi connectivity index (χ3n) is 3.73. The summed E-state index contributed by atoms with van der Waals surface area (Å²) in [4.78, 5) is 12.5. The first-order valence-electron chi connectivity index (χ1n) is 7.22. The third-order valence-corrected chi connectivity index (χ3v) is 4.87. The van der Waals surface area contributed by atoms with Crippen molar-refractivity contribution in [2.75, 3.05) is 17.7 Å². The van der Waals surface area contributed by atoms with Crippen LogP contribution in [0.25, 0.3) is 0 Å². The molecule has 3 N–H and O–H groups in total. The summed E-state index contributed by atoms with van der Waals surface area (Å²) in [5.41, 5.74) is -0.395. The van der Waals surface area contributed by atoms with Crippen molar-refractivity contribution in [3.63, 3.8) is 0 Å². The van der Waals surface area contributed by atoms with Crippen LogP contribution in [0, 0.1) is 5.92 Å². The number of aliphatic hydroxyl groups is 1. The highest BCUT2D eigenvalue weighted by molar-refractivity contribution is 7.99. The summed E-state index contributed by atoms with van der Waals surface area (Å²) in [7, 11) is 0. The van der Waals surface area contributed by atoms with Crippen molar-refractivity contribution in [1.82, 2.24) is 5.32 Å². The molecule has 0 spiro atoms. The normalized spacial score (nSPS) is 17.4. The highest BCUT2D eigenvalue weighted by Crippen LogP contribution is 2.39. The Hall–Kier alpha value is -1.41. The predicted molar refractivity (Wildman–Crippen MR) is 83.6 cm³/mol. The van der Waals surface area contributed by atoms with E-state index in [1.54, 1.807) is 25.1 Å². The first kappa shape index (κ1) is 17.9. The van der Waals surface area contributed by atoms with Crippen LogP contribution in [-0.4, -0.2) is 35.2 Å². The van der Waals surface area contributed by atoms with Crippen molar-refractivity contribution in [2.24, 2.45) is 5.92 Å². The van der Waals surface area contributed by atoms with E-state index in [4.69, 9.17) is 0 Å². The lowest BCUT2D eigenvalue weighted by Gasteiger charge is -2.29. The van der Waals surface area contributed by atoms with Crippen LogP contribution in [-0.2, 0) is 0 Å². The molecule has 0 aliphatic heterocycles. The summed E-state index contributed by atoms with van der Waals surface area (Å²) < 4.78 is 37.1. The Morgan fingerprint density at radius 3 is 2.57 bits per heavy atom. The Balaban J connectivity index is 2.00. The molecular formula is C15H19F3N2O2S. The van der Waals surface area contributed by atoms with E-state index in [9.17, 15) is 23.1 Å². The highest BCUT2D eigenvalue weighted by Gasteiger charge is 2.42. The SMILES string of the molecule is CC(CO)(NC(=O)Nc1ccccc1SCC(F)(F)F)C1CC1. The number of amides is 2. The lowest BCUT2D eigenvalue weighted by molar-refractivity contribution is -0.105. The number of hydrogen-bond acceptors (Lipinski definition) is 3. The maximum absolute atomic E-state index is 12.4. The van der Waals surface area contributed by atoms with Gasteiger partial charge in [0.1, 0.15) is 0 Å². The second-order valence-electron chi connectivity index (χ2n) is 5.83. The van der Waals surface area contributed by atoms with Crippen molar-refractivity contribution in [3.05, 3.63) is 24.3 Å². The van der Waals surface area contributed by atoms with Crippen LogP contribution in [0.4, 0.5) is 23.7 Å². The number of thioether (sulfide) groups is 1. The van der Waals surface area contributed by atoms with Crippen LogP contribution in [0.1, 0.15) is 19.8 Å². The molecule has 0 heterocycles. The zero-order valence-corrected chi connectivity index (χ0v) is 13.4. The van der Waals surface area contributed by atoms with E-state index in [0.717, 1.165) is 12.8 Å². The summed E-state index contributed by atoms with van der Waals surface area (Å²) >= 11 is 0.621. The average Bonchev–Trinajstić information content (AvgIpc) is 3.30. The monoisotopic (exact) mass is 348 g/mol. The molecule has 0 aromatic heterocycles. The summed E-state index contributed by atoms with van der Waals surface area (Å²) in [6.45, 7) is 1.57. The number of nitrogens with one attached hydrogen (secondary N) is 2. The van der Waals surface area contributed by atoms with Crippen LogP contribution in [0.5, 0.6) is 0 Å². The number of urea groups is 1. The van der Waals surface area contributed by atoms with Crippen molar-refractivity contribution in [3.8, 4) is 0 Å². The number of benzene rings is 1. The fourth-order valence-electron chi connectivity index (χ4n) is 2.26. The number of aliphatic hydroxyl groups excluding tert-OH is 1. The molecule has 2 rings (SSSR count). The van der Waals surface area contributed by atoms with Gasteiger partial charge in [0.15, 0.2) is 0 Å². The van der Waals surface area contributed by atoms with Gasteiger partial charge in [0.25, 0.3) is 0 Å². The molecule has 1 fully saturated rings. The minimum Gasteiger partial charge on any atom is -0.394 e. The second kappa shape index (κ2) is 7.00. The van der Waals surface area contributed by atoms with Crippen molar-refractivity contribution < 1.29 is 23.1 Å². The number of halogens is 3. The zero-order valence-electron chi connectivity index (χ0n) is 12.6. The minimum atomic E-state index is -4.28. The van der Waals surface area contributed by atoms with Gasteiger partial charge in [0.05, 0.1) is 23.6 Å². The Labute approximate surface area is 136 Å². The van der Waals surface area contributed by atoms with Crippen LogP contribution in [0.15, 0.2) is 29.2 Å². The Morgan fingerprint density at radius 2 is 2.00 bits per heavy atom. The molecular weight excluding hydrogens is 329 g/mol. The standard InChI is InChI=1S/C15H19F3N2O2S/c1-14(8-21,10-6-7-10)20-13(22)19-11-4-2-3-5-12(11)23-9-15(16,17)18/h2-5,10,21H,6-9H2,1H3,(H2,19,20,22). The van der Waals surface area contributed by atoms with E-state index in [-0.39, 0.29) is 12.5 Å². The maximum Gasteiger partial charge on any atom is 0.398 e. The van der Waals surface area contributed by atoms with Crippen LogP contribution >= 0.6 is 11.8 Å². The molecule has 0 bridgehead atoms. The van der Waals surface area contributed by atoms with Crippen LogP contribution in [0.2, 0.25) is 0 Å². The topological polar surface area (TPSA) is 61.4 Å². The number of para-hydroxylation sites is 1. The number of carbonyl (C=O) groups is 1. The largest absolute Gasteiger partial charge is 0.398 e. The number of alkyl halides is 3. The number of anilines is 1. The fraction of sp³-hybridized carbons (Fsp3) is 0.533. The van der Waals surface area contributed by atoms with Crippen molar-refractivity contribution in [2.45, 2.75) is 36.4 Å². The third kappa shape index (κ3) is 5.31. The van der Waals surface area contributed by atoms with E-state index in [1.165, 1.54) is 6.07 Å². The van der Waals surface area contributed by atoms with E-state index in [1.807, 2.05) is 0 Å². The summed E-state index contributed by atoms with van der Waals surface area (Å²) in [6, 6.07) is 5.79. The smallest absolute Gasteiger partial charge is 0.394 e. The molecule has 2 amide bonds. The Kier molecular flexibility index (Phi) is 5.46. The molecule has 4 nitrogen and oxygen atoms in total. The van der Waals surface area contributed by atoms with Crippen molar-refractivity contribution >= 4 is 23.5 Å². The lowest BCUT2D eigenvalue weighted by atomic mass is 9.97. The van der Waals surface area contributed by atoms with Gasteiger partial charge in [-0.2, -0.15) is 13.2 Å². The molecule has 1 aromatic rings. The number of rotatable bonds is 6. The molecule has 128 valence electrons. The van der Waals surface area contributed by atoms with E-state index in [2.05, 4.69) is 10.6 Å². The molecule has 8 heteroatoms. The minimum absolute atomic E-state index is 0.185. The van der Waals surface area contributed by atoms with Crippen LogP contribution in [0.3, 0.4) is 0 Å². The van der Waals surface area contributed by atoms with E-state index in [0.29, 0.717) is 22.3 Å².